The summed E-state index contributed by atoms with van der Waals surface area (Å²) in [5.74, 6) is 1.80. The lowest BCUT2D eigenvalue weighted by molar-refractivity contribution is 0.227. The highest BCUT2D eigenvalue weighted by Gasteiger charge is 2.19. The molecule has 0 fully saturated rings. The van der Waals surface area contributed by atoms with E-state index < -0.39 is 15.7 Å². The zero-order chi connectivity index (χ0) is 10.5. The molecule has 0 rings (SSSR count). The molecule has 0 aliphatic rings. The van der Waals surface area contributed by atoms with Crippen molar-refractivity contribution in [2.45, 2.75) is 33.5 Å². The molecule has 0 atom stereocenters. The fourth-order valence-corrected chi connectivity index (χ4v) is 6.13. The molecule has 0 aromatic heterocycles. The maximum atomic E-state index is 12.0. The third kappa shape index (κ3) is 6.44. The Labute approximate surface area is 82.4 Å². The molecule has 0 radical (unpaired) electrons. The first kappa shape index (κ1) is 13.4. The van der Waals surface area contributed by atoms with E-state index >= 15 is 0 Å². The Bertz CT molecular complexity index is 178. The van der Waals surface area contributed by atoms with Crippen LogP contribution in [0.15, 0.2) is 0 Å². The Balaban J connectivity index is 4.33. The van der Waals surface area contributed by atoms with E-state index in [1.165, 1.54) is 0 Å². The lowest BCUT2D eigenvalue weighted by atomic mass is 10.9. The summed E-state index contributed by atoms with van der Waals surface area (Å²) < 4.78 is 22.3. The quantitative estimate of drug-likeness (QED) is 0.394. The van der Waals surface area contributed by atoms with Gasteiger partial charge in [-0.05, 0) is 13.8 Å². The molecule has 5 heteroatoms. The maximum Gasteiger partial charge on any atom is 0.185 e. The first-order chi connectivity index (χ1) is 5.83. The average molecular weight is 223 g/mol. The van der Waals surface area contributed by atoms with E-state index in [9.17, 15) is 4.57 Å². The second-order valence-electron chi connectivity index (χ2n) is 3.87. The lowest BCUT2D eigenvalue weighted by Crippen LogP contribution is -2.22. The van der Waals surface area contributed by atoms with Crippen molar-refractivity contribution < 1.29 is 13.6 Å². The van der Waals surface area contributed by atoms with Crippen LogP contribution in [0.2, 0.25) is 19.6 Å². The van der Waals surface area contributed by atoms with Gasteiger partial charge in [-0.25, -0.2) is 5.79 Å². The average Bonchev–Trinajstić information content (AvgIpc) is 1.82. The first-order valence-electron chi connectivity index (χ1n) is 4.59. The van der Waals surface area contributed by atoms with Crippen molar-refractivity contribution in [2.24, 2.45) is 0 Å². The van der Waals surface area contributed by atoms with E-state index in [0.717, 1.165) is 0 Å². The fourth-order valence-electron chi connectivity index (χ4n) is 0.946. The fraction of sp³-hybridized carbons (Fsp3) is 0.875. The van der Waals surface area contributed by atoms with Gasteiger partial charge in [0.15, 0.2) is 7.60 Å². The van der Waals surface area contributed by atoms with Gasteiger partial charge in [0.25, 0.3) is 0 Å². The van der Waals surface area contributed by atoms with Gasteiger partial charge in [-0.3, -0.25) is 4.57 Å². The number of rotatable bonds is 6. The van der Waals surface area contributed by atoms with Gasteiger partial charge in [0.1, 0.15) is 0 Å². The SMILES string of the molecule is CCOP(=O)([CH-][Si](C)(C)C)OCC. The van der Waals surface area contributed by atoms with Gasteiger partial charge in [-0.15, -0.1) is 0 Å². The molecule has 0 unspecified atom stereocenters. The molecule has 0 saturated carbocycles. The van der Waals surface area contributed by atoms with Crippen molar-refractivity contribution in [1.29, 1.82) is 0 Å². The topological polar surface area (TPSA) is 35.5 Å². The van der Waals surface area contributed by atoms with Gasteiger partial charge < -0.3 is 9.05 Å². The third-order valence-corrected chi connectivity index (χ3v) is 6.76. The summed E-state index contributed by atoms with van der Waals surface area (Å²) in [5.41, 5.74) is 0. The van der Waals surface area contributed by atoms with Crippen LogP contribution in [0.5, 0.6) is 0 Å². The van der Waals surface area contributed by atoms with Gasteiger partial charge in [-0.2, -0.15) is 0 Å². The Kier molecular flexibility index (Phi) is 5.45. The molecule has 80 valence electrons. The van der Waals surface area contributed by atoms with Gasteiger partial charge in [0.2, 0.25) is 0 Å². The van der Waals surface area contributed by atoms with Crippen LogP contribution >= 0.6 is 7.60 Å². The van der Waals surface area contributed by atoms with E-state index in [1.54, 1.807) is 5.79 Å². The third-order valence-electron chi connectivity index (χ3n) is 1.16. The summed E-state index contributed by atoms with van der Waals surface area (Å²) in [4.78, 5) is 0. The smallest absolute Gasteiger partial charge is 0.185 e. The minimum absolute atomic E-state index is 0.429. The Hall–Kier alpha value is 0.367. The summed E-state index contributed by atoms with van der Waals surface area (Å²) in [6, 6.07) is 0. The minimum Gasteiger partial charge on any atom is -0.331 e. The molecule has 3 nitrogen and oxygen atoms in total. The van der Waals surface area contributed by atoms with Gasteiger partial charge in [-0.1, -0.05) is 27.7 Å². The van der Waals surface area contributed by atoms with E-state index in [1.807, 2.05) is 13.8 Å². The van der Waals surface area contributed by atoms with E-state index in [4.69, 9.17) is 9.05 Å². The van der Waals surface area contributed by atoms with Crippen molar-refractivity contribution in [1.82, 2.24) is 0 Å². The van der Waals surface area contributed by atoms with Crippen molar-refractivity contribution in [3.05, 3.63) is 5.79 Å². The highest BCUT2D eigenvalue weighted by Crippen LogP contribution is 2.53. The predicted octanol–water partition coefficient (Wildman–Crippen LogP) is 3.29. The van der Waals surface area contributed by atoms with Gasteiger partial charge >= 0.3 is 0 Å². The summed E-state index contributed by atoms with van der Waals surface area (Å²) >= 11 is 0. The zero-order valence-electron chi connectivity index (χ0n) is 9.16. The van der Waals surface area contributed by atoms with Crippen LogP contribution in [0.3, 0.4) is 0 Å². The highest BCUT2D eigenvalue weighted by molar-refractivity contribution is 7.59. The van der Waals surface area contributed by atoms with Gasteiger partial charge in [0.05, 0.1) is 13.2 Å². The predicted molar refractivity (Wildman–Crippen MR) is 58.5 cm³/mol. The number of hydrogen-bond donors (Lipinski definition) is 0. The van der Waals surface area contributed by atoms with Crippen LogP contribution in [0.25, 0.3) is 0 Å². The van der Waals surface area contributed by atoms with Gasteiger partial charge in [0, 0.05) is 0 Å². The van der Waals surface area contributed by atoms with Crippen LogP contribution in [-0.4, -0.2) is 21.3 Å². The zero-order valence-corrected chi connectivity index (χ0v) is 11.1. The molecule has 0 bridgehead atoms. The Morgan fingerprint density at radius 2 is 1.54 bits per heavy atom. The summed E-state index contributed by atoms with van der Waals surface area (Å²) in [5, 5.41) is 0. The van der Waals surface area contributed by atoms with Crippen molar-refractivity contribution in [3.63, 3.8) is 0 Å². The van der Waals surface area contributed by atoms with Crippen LogP contribution < -0.4 is 0 Å². The second-order valence-corrected chi connectivity index (χ2v) is 11.2. The molecule has 0 saturated heterocycles. The lowest BCUT2D eigenvalue weighted by Gasteiger charge is -2.34. The molecule has 0 heterocycles. The minimum atomic E-state index is -2.90. The van der Waals surface area contributed by atoms with Crippen molar-refractivity contribution in [2.75, 3.05) is 13.2 Å². The van der Waals surface area contributed by atoms with Crippen LogP contribution in [0, 0.1) is 5.79 Å². The summed E-state index contributed by atoms with van der Waals surface area (Å²) in [6.07, 6.45) is 0. The van der Waals surface area contributed by atoms with E-state index in [2.05, 4.69) is 19.6 Å². The monoisotopic (exact) mass is 223 g/mol. The molecule has 0 N–H and O–H groups in total. The standard InChI is InChI=1S/C8H20O3PSi/c1-6-10-12(9,11-7-2)8-13(3,4)5/h8H,6-7H2,1-5H3/q-1. The Morgan fingerprint density at radius 3 is 1.77 bits per heavy atom. The molecule has 0 spiro atoms. The number of hydrogen-bond acceptors (Lipinski definition) is 3. The highest BCUT2D eigenvalue weighted by atomic mass is 31.2. The van der Waals surface area contributed by atoms with Crippen LogP contribution in [0.1, 0.15) is 13.8 Å². The summed E-state index contributed by atoms with van der Waals surface area (Å²) in [6.45, 7) is 10.8. The van der Waals surface area contributed by atoms with Crippen LogP contribution in [0.4, 0.5) is 0 Å². The molecule has 0 aromatic rings. The largest absolute Gasteiger partial charge is 0.331 e. The molecular weight excluding hydrogens is 203 g/mol. The molecule has 13 heavy (non-hydrogen) atoms. The summed E-state index contributed by atoms with van der Waals surface area (Å²) in [7, 11) is -4.41. The molecule has 0 aliphatic carbocycles. The molecular formula is C8H20O3PSi-. The molecule has 0 aliphatic heterocycles. The van der Waals surface area contributed by atoms with Crippen molar-refractivity contribution in [3.8, 4) is 0 Å². The van der Waals surface area contributed by atoms with Crippen LogP contribution in [-0.2, 0) is 13.6 Å². The molecule has 0 amide bonds. The van der Waals surface area contributed by atoms with Crippen molar-refractivity contribution >= 4 is 15.7 Å². The second kappa shape index (κ2) is 5.30. The maximum absolute atomic E-state index is 12.0. The van der Waals surface area contributed by atoms with E-state index in [-0.39, 0.29) is 0 Å². The first-order valence-corrected chi connectivity index (χ1v) is 9.78. The normalized spacial score (nSPS) is 13.3. The molecule has 0 aromatic carbocycles. The Morgan fingerprint density at radius 1 is 1.15 bits per heavy atom. The van der Waals surface area contributed by atoms with E-state index in [0.29, 0.717) is 13.2 Å².